The molecule has 4 heteroatoms. The molecule has 0 amide bonds. The van der Waals surface area contributed by atoms with Crippen LogP contribution < -0.4 is 10.1 Å². The first-order valence-corrected chi connectivity index (χ1v) is 7.46. The molecule has 0 radical (unpaired) electrons. The molecule has 2 nitrogen and oxygen atoms in total. The Morgan fingerprint density at radius 2 is 2.06 bits per heavy atom. The summed E-state index contributed by atoms with van der Waals surface area (Å²) in [7, 11) is 3.66. The maximum Gasteiger partial charge on any atom is 0.140 e. The van der Waals surface area contributed by atoms with E-state index in [1.807, 2.05) is 13.1 Å². The Hall–Kier alpha value is -0.320. The molecule has 0 saturated carbocycles. The Labute approximate surface area is 126 Å². The molecule has 0 aromatic heterocycles. The zero-order chi connectivity index (χ0) is 13.7. The molecule has 1 aromatic carbocycles. The summed E-state index contributed by atoms with van der Waals surface area (Å²) < 4.78 is 7.45. The van der Waals surface area contributed by atoms with Crippen molar-refractivity contribution in [1.82, 2.24) is 5.32 Å². The van der Waals surface area contributed by atoms with Crippen molar-refractivity contribution in [2.75, 3.05) is 20.7 Å². The fourth-order valence-electron chi connectivity index (χ4n) is 1.73. The number of likely N-dealkylation sites (N-methyl/N-ethyl adjacent to an activating group) is 1. The van der Waals surface area contributed by atoms with Crippen LogP contribution in [0, 0.1) is 5.92 Å². The molecule has 0 aliphatic carbocycles. The summed E-state index contributed by atoms with van der Waals surface area (Å²) >= 11 is 7.04. The van der Waals surface area contributed by atoms with Crippen LogP contribution >= 0.6 is 31.9 Å². The normalized spacial score (nSPS) is 12.1. The van der Waals surface area contributed by atoms with Gasteiger partial charge in [-0.15, -0.1) is 0 Å². The highest BCUT2D eigenvalue weighted by atomic mass is 79.9. The van der Waals surface area contributed by atoms with E-state index in [1.165, 1.54) is 5.57 Å². The van der Waals surface area contributed by atoms with Crippen LogP contribution in [0.15, 0.2) is 26.7 Å². The van der Waals surface area contributed by atoms with Crippen molar-refractivity contribution in [1.29, 1.82) is 0 Å². The van der Waals surface area contributed by atoms with E-state index in [4.69, 9.17) is 4.74 Å². The van der Waals surface area contributed by atoms with Crippen LogP contribution in [0.25, 0.3) is 6.08 Å². The second-order valence-electron chi connectivity index (χ2n) is 4.41. The topological polar surface area (TPSA) is 21.3 Å². The molecule has 100 valence electrons. The summed E-state index contributed by atoms with van der Waals surface area (Å²) in [4.78, 5) is 0. The van der Waals surface area contributed by atoms with Crippen LogP contribution in [-0.4, -0.2) is 20.7 Å². The summed E-state index contributed by atoms with van der Waals surface area (Å²) in [6.07, 6.45) is 2.19. The van der Waals surface area contributed by atoms with Crippen LogP contribution in [0.4, 0.5) is 0 Å². The second kappa shape index (κ2) is 7.31. The maximum atomic E-state index is 5.46. The Kier molecular flexibility index (Phi) is 6.39. The molecule has 18 heavy (non-hydrogen) atoms. The first-order valence-electron chi connectivity index (χ1n) is 5.87. The van der Waals surface area contributed by atoms with Gasteiger partial charge in [-0.3, -0.25) is 0 Å². The van der Waals surface area contributed by atoms with E-state index in [-0.39, 0.29) is 0 Å². The molecule has 1 N–H and O–H groups in total. The molecular formula is C14H19Br2NO. The first kappa shape index (κ1) is 15.7. The van der Waals surface area contributed by atoms with Crippen molar-refractivity contribution in [2.45, 2.75) is 13.8 Å². The number of methoxy groups -OCH3 is 1. The van der Waals surface area contributed by atoms with Crippen LogP contribution in [-0.2, 0) is 0 Å². The Morgan fingerprint density at radius 1 is 1.39 bits per heavy atom. The van der Waals surface area contributed by atoms with Gasteiger partial charge in [0, 0.05) is 16.6 Å². The second-order valence-corrected chi connectivity index (χ2v) is 6.18. The lowest BCUT2D eigenvalue weighted by Gasteiger charge is -2.14. The van der Waals surface area contributed by atoms with Crippen LogP contribution in [0.3, 0.4) is 0 Å². The van der Waals surface area contributed by atoms with Crippen molar-refractivity contribution < 1.29 is 4.74 Å². The van der Waals surface area contributed by atoms with Gasteiger partial charge in [0.2, 0.25) is 0 Å². The average Bonchev–Trinajstić information content (AvgIpc) is 2.27. The molecule has 1 aromatic rings. The Bertz CT molecular complexity index is 442. The number of rotatable bonds is 5. The summed E-state index contributed by atoms with van der Waals surface area (Å²) in [5.74, 6) is 1.37. The van der Waals surface area contributed by atoms with Crippen molar-refractivity contribution in [3.63, 3.8) is 0 Å². The Morgan fingerprint density at radius 3 is 2.56 bits per heavy atom. The molecule has 0 spiro atoms. The zero-order valence-corrected chi connectivity index (χ0v) is 14.4. The number of benzene rings is 1. The third-order valence-corrected chi connectivity index (χ3v) is 3.75. The third kappa shape index (κ3) is 4.11. The molecule has 0 heterocycles. The summed E-state index contributed by atoms with van der Waals surface area (Å²) in [5, 5.41) is 3.20. The fraction of sp³-hybridized carbons (Fsp3) is 0.429. The fourth-order valence-corrected chi connectivity index (χ4v) is 3.15. The number of hydrogen-bond acceptors (Lipinski definition) is 2. The van der Waals surface area contributed by atoms with Gasteiger partial charge in [0.25, 0.3) is 0 Å². The van der Waals surface area contributed by atoms with Gasteiger partial charge in [0.15, 0.2) is 0 Å². The standard InChI is InChI=1S/C14H19Br2NO/c1-9(2)11(8-17-3)5-10-6-12(15)7-13(16)14(10)18-4/h5-7,9,17H,8H2,1-4H3. The van der Waals surface area contributed by atoms with E-state index in [0.29, 0.717) is 5.92 Å². The molecule has 0 saturated heterocycles. The van der Waals surface area contributed by atoms with Gasteiger partial charge in [-0.1, -0.05) is 41.4 Å². The van der Waals surface area contributed by atoms with Gasteiger partial charge in [-0.2, -0.15) is 0 Å². The zero-order valence-electron chi connectivity index (χ0n) is 11.2. The SMILES string of the molecule is CNCC(=Cc1cc(Br)cc(Br)c1OC)C(C)C. The van der Waals surface area contributed by atoms with Gasteiger partial charge in [-0.25, -0.2) is 0 Å². The molecular weight excluding hydrogens is 358 g/mol. The monoisotopic (exact) mass is 375 g/mol. The highest BCUT2D eigenvalue weighted by Crippen LogP contribution is 2.34. The van der Waals surface area contributed by atoms with Gasteiger partial charge in [0.1, 0.15) is 5.75 Å². The van der Waals surface area contributed by atoms with E-state index in [0.717, 1.165) is 26.8 Å². The molecule has 1 rings (SSSR count). The molecule has 0 atom stereocenters. The molecule has 0 aliphatic rings. The molecule has 0 aliphatic heterocycles. The largest absolute Gasteiger partial charge is 0.495 e. The smallest absolute Gasteiger partial charge is 0.140 e. The van der Waals surface area contributed by atoms with Crippen molar-refractivity contribution in [3.05, 3.63) is 32.2 Å². The summed E-state index contributed by atoms with van der Waals surface area (Å²) in [6, 6.07) is 4.06. The highest BCUT2D eigenvalue weighted by molar-refractivity contribution is 9.11. The van der Waals surface area contributed by atoms with E-state index < -0.39 is 0 Å². The van der Waals surface area contributed by atoms with Crippen molar-refractivity contribution >= 4 is 37.9 Å². The van der Waals surface area contributed by atoms with E-state index in [1.54, 1.807) is 7.11 Å². The lowest BCUT2D eigenvalue weighted by molar-refractivity contribution is 0.411. The predicted molar refractivity (Wildman–Crippen MR) is 85.1 cm³/mol. The molecule has 0 unspecified atom stereocenters. The van der Waals surface area contributed by atoms with Gasteiger partial charge in [0.05, 0.1) is 11.6 Å². The van der Waals surface area contributed by atoms with Crippen LogP contribution in [0.1, 0.15) is 19.4 Å². The van der Waals surface area contributed by atoms with Gasteiger partial charge in [-0.05, 0) is 41.0 Å². The minimum Gasteiger partial charge on any atom is -0.495 e. The number of nitrogens with one attached hydrogen (secondary N) is 1. The lowest BCUT2D eigenvalue weighted by atomic mass is 10.00. The predicted octanol–water partition coefficient (Wildman–Crippen LogP) is 4.48. The van der Waals surface area contributed by atoms with Crippen LogP contribution in [0.5, 0.6) is 5.75 Å². The van der Waals surface area contributed by atoms with E-state index in [9.17, 15) is 0 Å². The summed E-state index contributed by atoms with van der Waals surface area (Å²) in [6.45, 7) is 5.27. The van der Waals surface area contributed by atoms with Crippen molar-refractivity contribution in [3.8, 4) is 5.75 Å². The quantitative estimate of drug-likeness (QED) is 0.817. The molecule has 0 bridgehead atoms. The number of halogens is 2. The van der Waals surface area contributed by atoms with E-state index in [2.05, 4.69) is 63.2 Å². The average molecular weight is 377 g/mol. The minimum atomic E-state index is 0.500. The van der Waals surface area contributed by atoms with Crippen molar-refractivity contribution in [2.24, 2.45) is 5.92 Å². The third-order valence-electron chi connectivity index (χ3n) is 2.70. The Balaban J connectivity index is 3.26. The minimum absolute atomic E-state index is 0.500. The maximum absolute atomic E-state index is 5.46. The molecule has 0 fully saturated rings. The highest BCUT2D eigenvalue weighted by Gasteiger charge is 2.10. The van der Waals surface area contributed by atoms with Crippen LogP contribution in [0.2, 0.25) is 0 Å². The first-order chi connectivity index (χ1) is 8.49. The number of hydrogen-bond donors (Lipinski definition) is 1. The summed E-state index contributed by atoms with van der Waals surface area (Å²) in [5.41, 5.74) is 2.43. The van der Waals surface area contributed by atoms with Gasteiger partial charge < -0.3 is 10.1 Å². The van der Waals surface area contributed by atoms with E-state index >= 15 is 0 Å². The lowest BCUT2D eigenvalue weighted by Crippen LogP contribution is -2.13. The van der Waals surface area contributed by atoms with Gasteiger partial charge >= 0.3 is 0 Å². The number of ether oxygens (including phenoxy) is 1.